The van der Waals surface area contributed by atoms with Gasteiger partial charge in [-0.15, -0.1) is 0 Å². The van der Waals surface area contributed by atoms with Crippen molar-refractivity contribution in [1.82, 2.24) is 15.6 Å². The summed E-state index contributed by atoms with van der Waals surface area (Å²) in [5, 5.41) is 6.76. The van der Waals surface area contributed by atoms with Gasteiger partial charge in [0.15, 0.2) is 5.96 Å². The number of nitrogens with one attached hydrogen (secondary N) is 2. The summed E-state index contributed by atoms with van der Waals surface area (Å²) in [6, 6.07) is 8.38. The van der Waals surface area contributed by atoms with Gasteiger partial charge in [0.25, 0.3) is 0 Å². The fourth-order valence-corrected chi connectivity index (χ4v) is 3.49. The molecule has 1 aromatic carbocycles. The van der Waals surface area contributed by atoms with Crippen molar-refractivity contribution >= 4 is 5.96 Å². The molecule has 1 aliphatic heterocycles. The number of guanidine groups is 1. The number of aryl methyl sites for hydroxylation is 2. The molecule has 6 nitrogen and oxygen atoms in total. The normalized spacial score (nSPS) is 16.5. The van der Waals surface area contributed by atoms with Crippen molar-refractivity contribution in [3.8, 4) is 5.75 Å². The third-order valence-electron chi connectivity index (χ3n) is 5.25. The first-order chi connectivity index (χ1) is 14.7. The molecule has 0 radical (unpaired) electrons. The summed E-state index contributed by atoms with van der Waals surface area (Å²) < 4.78 is 11.8. The molecule has 0 aliphatic carbocycles. The van der Waals surface area contributed by atoms with Gasteiger partial charge in [-0.05, 0) is 68.9 Å². The average Bonchev–Trinajstić information content (AvgIpc) is 3.26. The van der Waals surface area contributed by atoms with Crippen molar-refractivity contribution in [2.24, 2.45) is 4.99 Å². The average molecular weight is 411 g/mol. The van der Waals surface area contributed by atoms with Gasteiger partial charge >= 0.3 is 0 Å². The number of aromatic nitrogens is 1. The van der Waals surface area contributed by atoms with E-state index in [-0.39, 0.29) is 6.10 Å². The Balaban J connectivity index is 1.59. The fraction of sp³-hybridized carbons (Fsp3) is 0.500. The Morgan fingerprint density at radius 1 is 1.23 bits per heavy atom. The first-order valence-electron chi connectivity index (χ1n) is 10.9. The summed E-state index contributed by atoms with van der Waals surface area (Å²) in [5.41, 5.74) is 4.79. The third-order valence-corrected chi connectivity index (χ3v) is 5.25. The number of pyridine rings is 1. The minimum atomic E-state index is 0.206. The van der Waals surface area contributed by atoms with E-state index in [1.165, 1.54) is 16.7 Å². The van der Waals surface area contributed by atoms with Crippen LogP contribution in [0.25, 0.3) is 0 Å². The number of ether oxygens (including phenoxy) is 2. The number of nitrogens with zero attached hydrogens (tertiary/aromatic N) is 2. The molecule has 3 rings (SSSR count). The monoisotopic (exact) mass is 410 g/mol. The van der Waals surface area contributed by atoms with Crippen LogP contribution in [-0.4, -0.2) is 43.4 Å². The molecule has 0 amide bonds. The van der Waals surface area contributed by atoms with Crippen molar-refractivity contribution in [1.29, 1.82) is 0 Å². The summed E-state index contributed by atoms with van der Waals surface area (Å²) in [5.74, 6) is 1.72. The molecular weight excluding hydrogens is 376 g/mol. The summed E-state index contributed by atoms with van der Waals surface area (Å²) in [6.45, 7) is 9.88. The summed E-state index contributed by atoms with van der Waals surface area (Å²) in [6.07, 6.45) is 7.08. The molecule has 2 aromatic rings. The van der Waals surface area contributed by atoms with Crippen LogP contribution in [0.1, 0.15) is 42.0 Å². The number of rotatable bonds is 9. The number of hydrogen-bond donors (Lipinski definition) is 2. The first-order valence-corrected chi connectivity index (χ1v) is 10.9. The van der Waals surface area contributed by atoms with E-state index in [2.05, 4.69) is 60.7 Å². The van der Waals surface area contributed by atoms with E-state index in [1.54, 1.807) is 0 Å². The zero-order valence-electron chi connectivity index (χ0n) is 18.4. The molecule has 6 heteroatoms. The number of aliphatic imine (C=N–C) groups is 1. The van der Waals surface area contributed by atoms with Crippen molar-refractivity contribution in [2.75, 3.05) is 26.3 Å². The Labute approximate surface area is 180 Å². The molecule has 1 atom stereocenters. The predicted octanol–water partition coefficient (Wildman–Crippen LogP) is 3.55. The maximum absolute atomic E-state index is 6.11. The van der Waals surface area contributed by atoms with Gasteiger partial charge in [0.1, 0.15) is 12.4 Å². The van der Waals surface area contributed by atoms with Crippen molar-refractivity contribution in [2.45, 2.75) is 52.7 Å². The summed E-state index contributed by atoms with van der Waals surface area (Å²) >= 11 is 0. The second-order valence-corrected chi connectivity index (χ2v) is 7.73. The van der Waals surface area contributed by atoms with Gasteiger partial charge in [0, 0.05) is 37.7 Å². The highest BCUT2D eigenvalue weighted by Gasteiger charge is 2.17. The molecule has 1 unspecified atom stereocenters. The second kappa shape index (κ2) is 11.6. The lowest BCUT2D eigenvalue weighted by Gasteiger charge is -2.16. The van der Waals surface area contributed by atoms with Gasteiger partial charge < -0.3 is 20.1 Å². The Kier molecular flexibility index (Phi) is 8.51. The largest absolute Gasteiger partial charge is 0.491 e. The van der Waals surface area contributed by atoms with Gasteiger partial charge in [-0.1, -0.05) is 12.1 Å². The van der Waals surface area contributed by atoms with E-state index in [0.29, 0.717) is 13.2 Å². The van der Waals surface area contributed by atoms with Crippen LogP contribution in [-0.2, 0) is 17.7 Å². The molecule has 2 heterocycles. The zero-order valence-corrected chi connectivity index (χ0v) is 18.4. The van der Waals surface area contributed by atoms with E-state index in [4.69, 9.17) is 14.5 Å². The van der Waals surface area contributed by atoms with Crippen LogP contribution in [0, 0.1) is 13.8 Å². The predicted molar refractivity (Wildman–Crippen MR) is 121 cm³/mol. The molecule has 0 bridgehead atoms. The SMILES string of the molecule is CCNC(=NCc1ccc(C)cc1OCC1CCCO1)NCCc1ccncc1C. The van der Waals surface area contributed by atoms with Crippen LogP contribution in [0.2, 0.25) is 0 Å². The van der Waals surface area contributed by atoms with Gasteiger partial charge in [-0.3, -0.25) is 4.98 Å². The lowest BCUT2D eigenvalue weighted by molar-refractivity contribution is 0.0676. The maximum atomic E-state index is 6.11. The summed E-state index contributed by atoms with van der Waals surface area (Å²) in [4.78, 5) is 8.94. The maximum Gasteiger partial charge on any atom is 0.191 e. The molecule has 1 saturated heterocycles. The first kappa shape index (κ1) is 22.1. The van der Waals surface area contributed by atoms with Crippen LogP contribution in [0.3, 0.4) is 0 Å². The van der Waals surface area contributed by atoms with Crippen molar-refractivity contribution in [3.05, 3.63) is 58.9 Å². The highest BCUT2D eigenvalue weighted by Crippen LogP contribution is 2.23. The Morgan fingerprint density at radius 3 is 2.90 bits per heavy atom. The van der Waals surface area contributed by atoms with Gasteiger partial charge in [-0.2, -0.15) is 0 Å². The van der Waals surface area contributed by atoms with E-state index >= 15 is 0 Å². The highest BCUT2D eigenvalue weighted by molar-refractivity contribution is 5.79. The van der Waals surface area contributed by atoms with Crippen LogP contribution < -0.4 is 15.4 Å². The lowest BCUT2D eigenvalue weighted by atomic mass is 10.1. The van der Waals surface area contributed by atoms with E-state index < -0.39 is 0 Å². The molecule has 162 valence electrons. The van der Waals surface area contributed by atoms with Crippen LogP contribution in [0.5, 0.6) is 5.75 Å². The Bertz CT molecular complexity index is 832. The molecule has 0 saturated carbocycles. The van der Waals surface area contributed by atoms with Gasteiger partial charge in [-0.25, -0.2) is 4.99 Å². The quantitative estimate of drug-likeness (QED) is 0.489. The van der Waals surface area contributed by atoms with Gasteiger partial charge in [0.05, 0.1) is 12.6 Å². The van der Waals surface area contributed by atoms with E-state index in [9.17, 15) is 0 Å². The molecule has 1 fully saturated rings. The summed E-state index contributed by atoms with van der Waals surface area (Å²) in [7, 11) is 0. The highest BCUT2D eigenvalue weighted by atomic mass is 16.5. The minimum absolute atomic E-state index is 0.206. The standard InChI is InChI=1S/C24H34N4O2/c1-4-26-24(27-12-10-20-9-11-25-15-19(20)3)28-16-21-8-7-18(2)14-23(21)30-17-22-6-5-13-29-22/h7-9,11,14-15,22H,4-6,10,12-13,16-17H2,1-3H3,(H2,26,27,28). The number of hydrogen-bond acceptors (Lipinski definition) is 4. The molecular formula is C24H34N4O2. The Hall–Kier alpha value is -2.60. The lowest BCUT2D eigenvalue weighted by Crippen LogP contribution is -2.38. The van der Waals surface area contributed by atoms with Crippen molar-refractivity contribution < 1.29 is 9.47 Å². The molecule has 2 N–H and O–H groups in total. The van der Waals surface area contributed by atoms with Crippen LogP contribution in [0.4, 0.5) is 0 Å². The van der Waals surface area contributed by atoms with Gasteiger partial charge in [0.2, 0.25) is 0 Å². The second-order valence-electron chi connectivity index (χ2n) is 7.73. The fourth-order valence-electron chi connectivity index (χ4n) is 3.49. The number of benzene rings is 1. The third kappa shape index (κ3) is 6.73. The van der Waals surface area contributed by atoms with Crippen LogP contribution in [0.15, 0.2) is 41.7 Å². The Morgan fingerprint density at radius 2 is 2.13 bits per heavy atom. The zero-order chi connectivity index (χ0) is 21.2. The van der Waals surface area contributed by atoms with E-state index in [0.717, 1.165) is 56.2 Å². The van der Waals surface area contributed by atoms with Crippen LogP contribution >= 0.6 is 0 Å². The minimum Gasteiger partial charge on any atom is -0.491 e. The molecule has 0 spiro atoms. The topological polar surface area (TPSA) is 67.8 Å². The molecule has 1 aromatic heterocycles. The van der Waals surface area contributed by atoms with Crippen molar-refractivity contribution in [3.63, 3.8) is 0 Å². The van der Waals surface area contributed by atoms with E-state index in [1.807, 2.05) is 12.4 Å². The smallest absolute Gasteiger partial charge is 0.191 e. The molecule has 30 heavy (non-hydrogen) atoms. The molecule has 1 aliphatic rings.